The fourth-order valence-electron chi connectivity index (χ4n) is 11.2. The first-order chi connectivity index (χ1) is 14.7. The van der Waals surface area contributed by atoms with E-state index in [1.807, 2.05) is 6.92 Å². The number of aliphatic hydroxyl groups is 1. The van der Waals surface area contributed by atoms with Crippen LogP contribution in [0.3, 0.4) is 0 Å². The van der Waals surface area contributed by atoms with Gasteiger partial charge in [-0.05, 0) is 102 Å². The fraction of sp³-hybridized carbons (Fsp3) is 0.926. The van der Waals surface area contributed by atoms with E-state index in [0.717, 1.165) is 38.5 Å². The van der Waals surface area contributed by atoms with Gasteiger partial charge in [0.05, 0.1) is 6.10 Å². The maximum Gasteiger partial charge on any atom is 0.448 e. The minimum absolute atomic E-state index is 0.0123. The second-order valence-electron chi connectivity index (χ2n) is 13.7. The molecular weight excluding hydrogens is 413 g/mol. The van der Waals surface area contributed by atoms with Gasteiger partial charge in [-0.3, -0.25) is 0 Å². The Labute approximate surface area is 190 Å². The molecule has 10 atom stereocenters. The van der Waals surface area contributed by atoms with E-state index in [2.05, 4.69) is 27.7 Å². The number of fused-ring (bicyclic) bond motifs is 4. The molecular formula is C27H39F3O2. The Morgan fingerprint density at radius 2 is 1.59 bits per heavy atom. The molecule has 1 aliphatic heterocycles. The summed E-state index contributed by atoms with van der Waals surface area (Å²) in [5, 5.41) is 10.8. The Kier molecular flexibility index (Phi) is 4.03. The first-order valence-corrected chi connectivity index (χ1v) is 12.9. The number of allylic oxidation sites excluding steroid dienone is 2. The predicted octanol–water partition coefficient (Wildman–Crippen LogP) is 6.88. The first kappa shape index (κ1) is 21.8. The van der Waals surface area contributed by atoms with Crippen LogP contribution in [0.25, 0.3) is 0 Å². The Bertz CT molecular complexity index is 879. The minimum Gasteiger partial charge on any atom is -0.486 e. The lowest BCUT2D eigenvalue weighted by Crippen LogP contribution is -2.57. The SMILES string of the molecule is CC1C=C(C(F)(F)F)OC2C[C@@]3(C)C4CCC5C(C)(C)[C@@H](O)CC[C@@]56C[C@@]46CC[C@]3(C)C12. The van der Waals surface area contributed by atoms with E-state index < -0.39 is 11.9 Å². The molecule has 32 heavy (non-hydrogen) atoms. The third kappa shape index (κ3) is 2.24. The number of ether oxygens (including phenoxy) is 1. The van der Waals surface area contributed by atoms with E-state index in [1.54, 1.807) is 0 Å². The molecule has 6 rings (SSSR count). The van der Waals surface area contributed by atoms with Crippen molar-refractivity contribution in [2.75, 3.05) is 0 Å². The number of rotatable bonds is 0. The summed E-state index contributed by atoms with van der Waals surface area (Å²) < 4.78 is 46.4. The molecule has 0 aromatic carbocycles. The van der Waals surface area contributed by atoms with Gasteiger partial charge in [-0.15, -0.1) is 0 Å². The van der Waals surface area contributed by atoms with E-state index in [1.165, 1.54) is 18.9 Å². The van der Waals surface area contributed by atoms with Gasteiger partial charge in [-0.1, -0.05) is 34.6 Å². The van der Waals surface area contributed by atoms with Gasteiger partial charge < -0.3 is 9.84 Å². The van der Waals surface area contributed by atoms with Crippen molar-refractivity contribution in [3.8, 4) is 0 Å². The van der Waals surface area contributed by atoms with Gasteiger partial charge in [0.1, 0.15) is 6.10 Å². The predicted molar refractivity (Wildman–Crippen MR) is 116 cm³/mol. The monoisotopic (exact) mass is 452 g/mol. The van der Waals surface area contributed by atoms with Crippen LogP contribution >= 0.6 is 0 Å². The maximum absolute atomic E-state index is 13.5. The lowest BCUT2D eigenvalue weighted by atomic mass is 9.42. The van der Waals surface area contributed by atoms with Crippen LogP contribution in [0, 0.1) is 50.7 Å². The highest BCUT2D eigenvalue weighted by Gasteiger charge is 2.83. The third-order valence-electron chi connectivity index (χ3n) is 12.7. The summed E-state index contributed by atoms with van der Waals surface area (Å²) in [5.74, 6) is 0.418. The van der Waals surface area contributed by atoms with Gasteiger partial charge in [0, 0.05) is 5.92 Å². The van der Waals surface area contributed by atoms with E-state index in [-0.39, 0.29) is 40.3 Å². The molecule has 180 valence electrons. The average molecular weight is 453 g/mol. The van der Waals surface area contributed by atoms with Gasteiger partial charge in [-0.25, -0.2) is 0 Å². The third-order valence-corrected chi connectivity index (χ3v) is 12.7. The summed E-state index contributed by atoms with van der Waals surface area (Å²) in [6.07, 6.45) is 5.09. The fourth-order valence-corrected chi connectivity index (χ4v) is 11.2. The molecule has 6 aliphatic rings. The Morgan fingerprint density at radius 1 is 0.938 bits per heavy atom. The molecule has 2 spiro atoms. The molecule has 1 heterocycles. The van der Waals surface area contributed by atoms with Crippen LogP contribution in [-0.2, 0) is 4.74 Å². The van der Waals surface area contributed by atoms with Crippen molar-refractivity contribution >= 4 is 0 Å². The molecule has 0 aromatic heterocycles. The second kappa shape index (κ2) is 5.91. The highest BCUT2D eigenvalue weighted by atomic mass is 19.4. The zero-order valence-electron chi connectivity index (χ0n) is 20.2. The van der Waals surface area contributed by atoms with Crippen molar-refractivity contribution in [2.45, 2.75) is 104 Å². The average Bonchev–Trinajstić information content (AvgIpc) is 3.28. The zero-order chi connectivity index (χ0) is 23.1. The van der Waals surface area contributed by atoms with Crippen LogP contribution in [0.5, 0.6) is 0 Å². The van der Waals surface area contributed by atoms with Crippen LogP contribution < -0.4 is 0 Å². The highest BCUT2D eigenvalue weighted by molar-refractivity contribution is 5.32. The molecule has 5 fully saturated rings. The molecule has 0 amide bonds. The number of hydrogen-bond acceptors (Lipinski definition) is 2. The summed E-state index contributed by atoms with van der Waals surface area (Å²) >= 11 is 0. The molecule has 0 aromatic rings. The summed E-state index contributed by atoms with van der Waals surface area (Å²) in [6, 6.07) is 0. The molecule has 5 aliphatic carbocycles. The zero-order valence-corrected chi connectivity index (χ0v) is 20.2. The second-order valence-corrected chi connectivity index (χ2v) is 13.7. The van der Waals surface area contributed by atoms with Crippen LogP contribution in [0.1, 0.15) is 86.0 Å². The van der Waals surface area contributed by atoms with Gasteiger partial charge >= 0.3 is 6.18 Å². The molecule has 5 heteroatoms. The molecule has 1 N–H and O–H groups in total. The van der Waals surface area contributed by atoms with Gasteiger partial charge in [0.2, 0.25) is 0 Å². The largest absolute Gasteiger partial charge is 0.486 e. The summed E-state index contributed by atoms with van der Waals surface area (Å²) in [5.41, 5.74) is 0.664. The quantitative estimate of drug-likeness (QED) is 0.434. The number of halogens is 3. The van der Waals surface area contributed by atoms with Crippen molar-refractivity contribution < 1.29 is 23.0 Å². The van der Waals surface area contributed by atoms with E-state index in [4.69, 9.17) is 4.74 Å². The molecule has 5 unspecified atom stereocenters. The van der Waals surface area contributed by atoms with Gasteiger partial charge in [0.15, 0.2) is 5.76 Å². The Balaban J connectivity index is 1.37. The van der Waals surface area contributed by atoms with Crippen LogP contribution in [-0.4, -0.2) is 23.5 Å². The topological polar surface area (TPSA) is 29.5 Å². The van der Waals surface area contributed by atoms with Crippen molar-refractivity contribution in [2.24, 2.45) is 50.7 Å². The van der Waals surface area contributed by atoms with E-state index in [0.29, 0.717) is 22.7 Å². The lowest BCUT2D eigenvalue weighted by molar-refractivity contribution is -0.164. The van der Waals surface area contributed by atoms with Crippen LogP contribution in [0.2, 0.25) is 0 Å². The highest BCUT2D eigenvalue weighted by Crippen LogP contribution is 2.89. The Morgan fingerprint density at radius 3 is 2.28 bits per heavy atom. The van der Waals surface area contributed by atoms with Crippen LogP contribution in [0.15, 0.2) is 11.8 Å². The van der Waals surface area contributed by atoms with Crippen molar-refractivity contribution in [1.82, 2.24) is 0 Å². The van der Waals surface area contributed by atoms with Crippen LogP contribution in [0.4, 0.5) is 13.2 Å². The first-order valence-electron chi connectivity index (χ1n) is 12.9. The normalized spacial score (nSPS) is 57.7. The molecule has 0 bridgehead atoms. The maximum atomic E-state index is 13.5. The number of aliphatic hydroxyl groups excluding tert-OH is 1. The van der Waals surface area contributed by atoms with Crippen molar-refractivity contribution in [3.63, 3.8) is 0 Å². The van der Waals surface area contributed by atoms with Crippen molar-refractivity contribution in [1.29, 1.82) is 0 Å². The van der Waals surface area contributed by atoms with Crippen molar-refractivity contribution in [3.05, 3.63) is 11.8 Å². The molecule has 2 nitrogen and oxygen atoms in total. The lowest BCUT2D eigenvalue weighted by Gasteiger charge is -2.63. The summed E-state index contributed by atoms with van der Waals surface area (Å²) in [4.78, 5) is 0. The molecule has 5 saturated carbocycles. The smallest absolute Gasteiger partial charge is 0.448 e. The van der Waals surface area contributed by atoms with E-state index >= 15 is 0 Å². The van der Waals surface area contributed by atoms with Gasteiger partial charge in [0.25, 0.3) is 0 Å². The summed E-state index contributed by atoms with van der Waals surface area (Å²) in [7, 11) is 0. The number of hydrogen-bond donors (Lipinski definition) is 1. The molecule has 0 saturated heterocycles. The molecule has 0 radical (unpaired) electrons. The standard InChI is InChI=1S/C27H39F3O2/c1-15-12-20(27(28,29)30)32-16-13-24(5)18-7-6-17-22(2,3)19(31)8-9-25(17)14-26(18,25)11-10-23(24,4)21(15)16/h12,15-19,21,31H,6-11,13-14H2,1-5H3/t15?,16?,17?,18?,19-,21?,23+,24-,25+,26-/m0/s1. The minimum atomic E-state index is -4.40. The number of alkyl halides is 3. The van der Waals surface area contributed by atoms with Gasteiger partial charge in [-0.2, -0.15) is 13.2 Å². The van der Waals surface area contributed by atoms with E-state index in [9.17, 15) is 18.3 Å². The Hall–Kier alpha value is -0.710. The summed E-state index contributed by atoms with van der Waals surface area (Å²) in [6.45, 7) is 11.3.